The number of hydrogen-bond acceptors (Lipinski definition) is 3. The van der Waals surface area contributed by atoms with Crippen LogP contribution in [-0.4, -0.2) is 54.9 Å². The molecule has 0 radical (unpaired) electrons. The second kappa shape index (κ2) is 7.80. The number of carbonyl (C=O) groups excluding carboxylic acids is 1. The first-order valence-electron chi connectivity index (χ1n) is 6.72. The maximum Gasteiger partial charge on any atom is 0.135 e. The van der Waals surface area contributed by atoms with Gasteiger partial charge in [-0.15, -0.1) is 0 Å². The smallest absolute Gasteiger partial charge is 0.135 e. The third-order valence-corrected chi connectivity index (χ3v) is 3.23. The molecule has 0 spiro atoms. The molecule has 0 aromatic carbocycles. The second-order valence-corrected chi connectivity index (χ2v) is 4.72. The number of carbonyl (C=O) groups is 1. The van der Waals surface area contributed by atoms with E-state index < -0.39 is 0 Å². The molecule has 0 N–H and O–H groups in total. The Hall–Kier alpha value is -0.410. The SMILES string of the molecule is CCCN(CCC)CCN1CCC(=O)CC1. The van der Waals surface area contributed by atoms with E-state index in [9.17, 15) is 4.79 Å². The van der Waals surface area contributed by atoms with Crippen molar-refractivity contribution in [3.63, 3.8) is 0 Å². The van der Waals surface area contributed by atoms with Gasteiger partial charge in [0.2, 0.25) is 0 Å². The van der Waals surface area contributed by atoms with Gasteiger partial charge in [0.15, 0.2) is 0 Å². The molecule has 1 rings (SSSR count). The van der Waals surface area contributed by atoms with Crippen LogP contribution in [0.5, 0.6) is 0 Å². The molecular formula is C13H26N2O. The Labute approximate surface area is 99.8 Å². The summed E-state index contributed by atoms with van der Waals surface area (Å²) in [6, 6.07) is 0. The van der Waals surface area contributed by atoms with E-state index in [1.807, 2.05) is 0 Å². The van der Waals surface area contributed by atoms with Crippen molar-refractivity contribution in [1.29, 1.82) is 0 Å². The molecule has 0 atom stereocenters. The monoisotopic (exact) mass is 226 g/mol. The normalized spacial score (nSPS) is 18.3. The van der Waals surface area contributed by atoms with Crippen LogP contribution in [0.15, 0.2) is 0 Å². The first-order chi connectivity index (χ1) is 7.76. The largest absolute Gasteiger partial charge is 0.302 e. The maximum atomic E-state index is 11.1. The van der Waals surface area contributed by atoms with E-state index in [0.717, 1.165) is 39.0 Å². The molecule has 0 amide bonds. The summed E-state index contributed by atoms with van der Waals surface area (Å²) in [6.45, 7) is 11.1. The van der Waals surface area contributed by atoms with E-state index in [1.165, 1.54) is 25.9 Å². The zero-order valence-corrected chi connectivity index (χ0v) is 10.9. The molecule has 0 saturated carbocycles. The molecule has 1 aliphatic heterocycles. The highest BCUT2D eigenvalue weighted by molar-refractivity contribution is 5.79. The van der Waals surface area contributed by atoms with Crippen LogP contribution in [0.4, 0.5) is 0 Å². The van der Waals surface area contributed by atoms with Gasteiger partial charge >= 0.3 is 0 Å². The molecule has 1 aliphatic rings. The average Bonchev–Trinajstić information content (AvgIpc) is 2.29. The second-order valence-electron chi connectivity index (χ2n) is 4.72. The lowest BCUT2D eigenvalue weighted by Crippen LogP contribution is -2.40. The molecule has 0 aromatic rings. The highest BCUT2D eigenvalue weighted by Gasteiger charge is 2.16. The number of likely N-dealkylation sites (tertiary alicyclic amines) is 1. The highest BCUT2D eigenvalue weighted by Crippen LogP contribution is 2.05. The van der Waals surface area contributed by atoms with Crippen LogP contribution in [0.3, 0.4) is 0 Å². The lowest BCUT2D eigenvalue weighted by atomic mass is 10.1. The van der Waals surface area contributed by atoms with Crippen LogP contribution in [0.1, 0.15) is 39.5 Å². The summed E-state index contributed by atoms with van der Waals surface area (Å²) in [5, 5.41) is 0. The fourth-order valence-electron chi connectivity index (χ4n) is 2.28. The molecule has 94 valence electrons. The topological polar surface area (TPSA) is 23.6 Å². The van der Waals surface area contributed by atoms with E-state index in [-0.39, 0.29) is 0 Å². The highest BCUT2D eigenvalue weighted by atomic mass is 16.1. The van der Waals surface area contributed by atoms with Gasteiger partial charge in [-0.2, -0.15) is 0 Å². The minimum absolute atomic E-state index is 0.440. The van der Waals surface area contributed by atoms with Crippen LogP contribution < -0.4 is 0 Å². The van der Waals surface area contributed by atoms with Gasteiger partial charge in [-0.25, -0.2) is 0 Å². The molecule has 1 saturated heterocycles. The molecule has 3 nitrogen and oxygen atoms in total. The minimum Gasteiger partial charge on any atom is -0.302 e. The minimum atomic E-state index is 0.440. The van der Waals surface area contributed by atoms with Gasteiger partial charge in [0.25, 0.3) is 0 Å². The van der Waals surface area contributed by atoms with E-state index in [1.54, 1.807) is 0 Å². The Bertz CT molecular complexity index is 190. The quantitative estimate of drug-likeness (QED) is 0.661. The maximum absolute atomic E-state index is 11.1. The van der Waals surface area contributed by atoms with Gasteiger partial charge in [0, 0.05) is 39.0 Å². The summed E-state index contributed by atoms with van der Waals surface area (Å²) in [5.74, 6) is 0.440. The molecule has 0 bridgehead atoms. The Morgan fingerprint density at radius 1 is 1.06 bits per heavy atom. The lowest BCUT2D eigenvalue weighted by Gasteiger charge is -2.29. The van der Waals surface area contributed by atoms with Crippen LogP contribution in [0.2, 0.25) is 0 Å². The van der Waals surface area contributed by atoms with Gasteiger partial charge < -0.3 is 9.80 Å². The van der Waals surface area contributed by atoms with Crippen molar-refractivity contribution < 1.29 is 4.79 Å². The van der Waals surface area contributed by atoms with Gasteiger partial charge in [-0.3, -0.25) is 4.79 Å². The molecule has 16 heavy (non-hydrogen) atoms. The van der Waals surface area contributed by atoms with E-state index >= 15 is 0 Å². The standard InChI is InChI=1S/C13H26N2O/c1-3-7-14(8-4-2)11-12-15-9-5-13(16)6-10-15/h3-12H2,1-2H3. The third-order valence-electron chi connectivity index (χ3n) is 3.23. The predicted molar refractivity (Wildman–Crippen MR) is 67.7 cm³/mol. The first kappa shape index (κ1) is 13.7. The number of hydrogen-bond donors (Lipinski definition) is 0. The van der Waals surface area contributed by atoms with Crippen LogP contribution in [0.25, 0.3) is 0 Å². The first-order valence-corrected chi connectivity index (χ1v) is 6.72. The number of rotatable bonds is 7. The van der Waals surface area contributed by atoms with Crippen LogP contribution >= 0.6 is 0 Å². The van der Waals surface area contributed by atoms with Crippen molar-refractivity contribution in [3.05, 3.63) is 0 Å². The molecule has 3 heteroatoms. The Morgan fingerprint density at radius 2 is 1.62 bits per heavy atom. The molecule has 0 aromatic heterocycles. The predicted octanol–water partition coefficient (Wildman–Crippen LogP) is 1.77. The van der Waals surface area contributed by atoms with Crippen molar-refractivity contribution >= 4 is 5.78 Å². The molecule has 0 aliphatic carbocycles. The van der Waals surface area contributed by atoms with Crippen LogP contribution in [-0.2, 0) is 4.79 Å². The molecular weight excluding hydrogens is 200 g/mol. The van der Waals surface area contributed by atoms with E-state index in [0.29, 0.717) is 5.78 Å². The summed E-state index contributed by atoms with van der Waals surface area (Å²) in [6.07, 6.45) is 4.00. The summed E-state index contributed by atoms with van der Waals surface area (Å²) < 4.78 is 0. The Balaban J connectivity index is 2.18. The number of Topliss-reactive ketones (excluding diaryl/α,β-unsaturated/α-hetero) is 1. The third kappa shape index (κ3) is 5.08. The van der Waals surface area contributed by atoms with Crippen molar-refractivity contribution in [1.82, 2.24) is 9.80 Å². The summed E-state index contributed by atoms with van der Waals surface area (Å²) >= 11 is 0. The van der Waals surface area contributed by atoms with Gasteiger partial charge in [0.05, 0.1) is 0 Å². The fraction of sp³-hybridized carbons (Fsp3) is 0.923. The Morgan fingerprint density at radius 3 is 2.12 bits per heavy atom. The van der Waals surface area contributed by atoms with Crippen molar-refractivity contribution in [3.8, 4) is 0 Å². The lowest BCUT2D eigenvalue weighted by molar-refractivity contribution is -0.121. The number of ketones is 1. The van der Waals surface area contributed by atoms with E-state index in [2.05, 4.69) is 23.6 Å². The molecule has 1 heterocycles. The zero-order valence-electron chi connectivity index (χ0n) is 10.9. The summed E-state index contributed by atoms with van der Waals surface area (Å²) in [5.41, 5.74) is 0. The van der Waals surface area contributed by atoms with Crippen molar-refractivity contribution in [2.45, 2.75) is 39.5 Å². The van der Waals surface area contributed by atoms with Gasteiger partial charge in [-0.1, -0.05) is 13.8 Å². The van der Waals surface area contributed by atoms with Gasteiger partial charge in [-0.05, 0) is 25.9 Å². The number of nitrogens with zero attached hydrogens (tertiary/aromatic N) is 2. The number of piperidine rings is 1. The summed E-state index contributed by atoms with van der Waals surface area (Å²) in [7, 11) is 0. The van der Waals surface area contributed by atoms with Gasteiger partial charge in [0.1, 0.15) is 5.78 Å². The molecule has 1 fully saturated rings. The van der Waals surface area contributed by atoms with Crippen LogP contribution in [0, 0.1) is 0 Å². The Kier molecular flexibility index (Phi) is 6.65. The summed E-state index contributed by atoms with van der Waals surface area (Å²) in [4.78, 5) is 16.1. The zero-order chi connectivity index (χ0) is 11.8. The van der Waals surface area contributed by atoms with Crippen molar-refractivity contribution in [2.75, 3.05) is 39.3 Å². The molecule has 0 unspecified atom stereocenters. The average molecular weight is 226 g/mol. The fourth-order valence-corrected chi connectivity index (χ4v) is 2.28. The van der Waals surface area contributed by atoms with Crippen molar-refractivity contribution in [2.24, 2.45) is 0 Å². The van der Waals surface area contributed by atoms with E-state index in [4.69, 9.17) is 0 Å².